The van der Waals surface area contributed by atoms with Crippen LogP contribution in [0.4, 0.5) is 15.8 Å². The number of hydrogen-bond acceptors (Lipinski definition) is 3. The Morgan fingerprint density at radius 2 is 2.00 bits per heavy atom. The first kappa shape index (κ1) is 14.9. The Morgan fingerprint density at radius 1 is 1.29 bits per heavy atom. The lowest BCUT2D eigenvalue weighted by molar-refractivity contribution is -0.384. The molecule has 1 N–H and O–H groups in total. The summed E-state index contributed by atoms with van der Waals surface area (Å²) in [5, 5.41) is 13.2. The molecule has 0 heterocycles. The highest BCUT2D eigenvalue weighted by Gasteiger charge is 2.15. The average Bonchev–Trinajstić information content (AvgIpc) is 2.41. The predicted molar refractivity (Wildman–Crippen MR) is 77.2 cm³/mol. The summed E-state index contributed by atoms with van der Waals surface area (Å²) in [7, 11) is 0. The molecule has 0 unspecified atom stereocenters. The molecule has 1 amide bonds. The van der Waals surface area contributed by atoms with Gasteiger partial charge in [-0.2, -0.15) is 0 Å². The van der Waals surface area contributed by atoms with Gasteiger partial charge in [-0.1, -0.05) is 11.6 Å². The fourth-order valence-electron chi connectivity index (χ4n) is 1.76. The zero-order valence-electron chi connectivity index (χ0n) is 10.9. The molecule has 0 radical (unpaired) electrons. The summed E-state index contributed by atoms with van der Waals surface area (Å²) in [4.78, 5) is 22.1. The van der Waals surface area contributed by atoms with Crippen LogP contribution in [0, 0.1) is 22.9 Å². The molecule has 2 aromatic carbocycles. The largest absolute Gasteiger partial charge is 0.322 e. The fourth-order valence-corrected chi connectivity index (χ4v) is 2.02. The van der Waals surface area contributed by atoms with E-state index in [0.29, 0.717) is 11.3 Å². The number of halogens is 2. The van der Waals surface area contributed by atoms with Crippen LogP contribution >= 0.6 is 11.6 Å². The number of benzene rings is 2. The number of carbonyl (C=O) groups is 1. The van der Waals surface area contributed by atoms with E-state index < -0.39 is 16.6 Å². The van der Waals surface area contributed by atoms with E-state index in [1.807, 2.05) is 0 Å². The number of nitro benzene ring substituents is 1. The maximum absolute atomic E-state index is 13.0. The monoisotopic (exact) mass is 308 g/mol. The van der Waals surface area contributed by atoms with Gasteiger partial charge in [0.1, 0.15) is 5.82 Å². The number of amides is 1. The van der Waals surface area contributed by atoms with Gasteiger partial charge in [-0.05, 0) is 36.8 Å². The average molecular weight is 309 g/mol. The van der Waals surface area contributed by atoms with Crippen LogP contribution < -0.4 is 5.32 Å². The molecular formula is C14H10ClFN2O3. The lowest BCUT2D eigenvalue weighted by Crippen LogP contribution is -2.13. The fraction of sp³-hybridized carbons (Fsp3) is 0.0714. The van der Waals surface area contributed by atoms with E-state index in [1.165, 1.54) is 30.3 Å². The number of rotatable bonds is 3. The third kappa shape index (κ3) is 3.35. The lowest BCUT2D eigenvalue weighted by atomic mass is 10.1. The topological polar surface area (TPSA) is 72.2 Å². The van der Waals surface area contributed by atoms with E-state index in [4.69, 9.17) is 11.6 Å². The number of hydrogen-bond donors (Lipinski definition) is 1. The van der Waals surface area contributed by atoms with Crippen LogP contribution in [0.2, 0.25) is 5.02 Å². The molecule has 0 saturated carbocycles. The van der Waals surface area contributed by atoms with E-state index in [2.05, 4.69) is 5.32 Å². The highest BCUT2D eigenvalue weighted by molar-refractivity contribution is 6.34. The first-order valence-corrected chi connectivity index (χ1v) is 6.27. The molecular weight excluding hydrogens is 299 g/mol. The van der Waals surface area contributed by atoms with Crippen molar-refractivity contribution in [2.24, 2.45) is 0 Å². The summed E-state index contributed by atoms with van der Waals surface area (Å²) in [5.41, 5.74) is 0.901. The van der Waals surface area contributed by atoms with E-state index >= 15 is 0 Å². The summed E-state index contributed by atoms with van der Waals surface area (Å²) < 4.78 is 13.0. The van der Waals surface area contributed by atoms with E-state index in [-0.39, 0.29) is 16.3 Å². The molecule has 0 spiro atoms. The van der Waals surface area contributed by atoms with Crippen molar-refractivity contribution >= 4 is 28.9 Å². The Kier molecular flexibility index (Phi) is 4.18. The van der Waals surface area contributed by atoms with Crippen molar-refractivity contribution in [2.45, 2.75) is 6.92 Å². The molecule has 0 aliphatic heterocycles. The van der Waals surface area contributed by atoms with Gasteiger partial charge in [0, 0.05) is 17.8 Å². The molecule has 108 valence electrons. The first-order valence-electron chi connectivity index (χ1n) is 5.90. The molecule has 0 atom stereocenters. The highest BCUT2D eigenvalue weighted by Crippen LogP contribution is 2.24. The molecule has 21 heavy (non-hydrogen) atoms. The van der Waals surface area contributed by atoms with E-state index in [1.54, 1.807) is 6.92 Å². The van der Waals surface area contributed by atoms with Crippen molar-refractivity contribution in [3.05, 3.63) is 68.5 Å². The van der Waals surface area contributed by atoms with Crippen LogP contribution in [0.5, 0.6) is 0 Å². The van der Waals surface area contributed by atoms with Gasteiger partial charge in [0.25, 0.3) is 11.6 Å². The number of nitro groups is 1. The van der Waals surface area contributed by atoms with Gasteiger partial charge < -0.3 is 5.32 Å². The number of non-ortho nitro benzene ring substituents is 1. The van der Waals surface area contributed by atoms with Crippen molar-refractivity contribution in [1.29, 1.82) is 0 Å². The van der Waals surface area contributed by atoms with Gasteiger partial charge in [0.05, 0.1) is 15.5 Å². The molecule has 0 bridgehead atoms. The lowest BCUT2D eigenvalue weighted by Gasteiger charge is -2.09. The zero-order valence-corrected chi connectivity index (χ0v) is 11.6. The molecule has 5 nitrogen and oxygen atoms in total. The van der Waals surface area contributed by atoms with Crippen LogP contribution in [0.1, 0.15) is 15.9 Å². The number of carbonyl (C=O) groups excluding carboxylic acids is 1. The van der Waals surface area contributed by atoms with Crippen molar-refractivity contribution in [3.8, 4) is 0 Å². The number of anilines is 1. The molecule has 2 rings (SSSR count). The van der Waals surface area contributed by atoms with Crippen molar-refractivity contribution in [3.63, 3.8) is 0 Å². The highest BCUT2D eigenvalue weighted by atomic mass is 35.5. The minimum absolute atomic E-state index is 0.0264. The Morgan fingerprint density at radius 3 is 2.57 bits per heavy atom. The Hall–Kier alpha value is -2.47. The zero-order chi connectivity index (χ0) is 15.6. The van der Waals surface area contributed by atoms with Crippen LogP contribution in [0.15, 0.2) is 36.4 Å². The van der Waals surface area contributed by atoms with E-state index in [9.17, 15) is 19.3 Å². The third-order valence-electron chi connectivity index (χ3n) is 2.84. The number of nitrogens with one attached hydrogen (secondary N) is 1. The van der Waals surface area contributed by atoms with Crippen LogP contribution in [0.3, 0.4) is 0 Å². The minimum atomic E-state index is -0.600. The molecule has 0 aliphatic carbocycles. The second-order valence-electron chi connectivity index (χ2n) is 4.33. The Bertz CT molecular complexity index is 734. The number of aryl methyl sites for hydroxylation is 1. The van der Waals surface area contributed by atoms with Gasteiger partial charge >= 0.3 is 0 Å². The maximum atomic E-state index is 13.0. The first-order chi connectivity index (χ1) is 9.88. The molecule has 0 aromatic heterocycles. The molecule has 0 aliphatic rings. The molecule has 0 saturated heterocycles. The summed E-state index contributed by atoms with van der Waals surface area (Å²) >= 11 is 5.87. The number of nitrogens with zero attached hydrogens (tertiary/aromatic N) is 1. The second-order valence-corrected chi connectivity index (χ2v) is 4.74. The predicted octanol–water partition coefficient (Wildman–Crippen LogP) is 3.95. The van der Waals surface area contributed by atoms with Crippen molar-refractivity contribution < 1.29 is 14.1 Å². The third-order valence-corrected chi connectivity index (χ3v) is 3.16. The summed E-state index contributed by atoms with van der Waals surface area (Å²) in [6.07, 6.45) is 0. The summed E-state index contributed by atoms with van der Waals surface area (Å²) in [6, 6.07) is 7.51. The standard InChI is InChI=1S/C14H10ClFN2O3/c1-8-6-9(16)2-5-13(8)17-14(19)11-4-3-10(18(20)21)7-12(11)15/h2-7H,1H3,(H,17,19). The van der Waals surface area contributed by atoms with Crippen molar-refractivity contribution in [1.82, 2.24) is 0 Å². The Labute approximate surface area is 124 Å². The summed E-state index contributed by atoms with van der Waals surface area (Å²) in [6.45, 7) is 1.65. The smallest absolute Gasteiger partial charge is 0.270 e. The van der Waals surface area contributed by atoms with Gasteiger partial charge in [-0.25, -0.2) is 4.39 Å². The van der Waals surface area contributed by atoms with Gasteiger partial charge in [-0.15, -0.1) is 0 Å². The molecule has 7 heteroatoms. The normalized spacial score (nSPS) is 10.2. The quantitative estimate of drug-likeness (QED) is 0.689. The van der Waals surface area contributed by atoms with Crippen LogP contribution in [-0.2, 0) is 0 Å². The van der Waals surface area contributed by atoms with Crippen LogP contribution in [-0.4, -0.2) is 10.8 Å². The second kappa shape index (κ2) is 5.88. The SMILES string of the molecule is Cc1cc(F)ccc1NC(=O)c1ccc([N+](=O)[O-])cc1Cl. The van der Waals surface area contributed by atoms with Crippen LogP contribution in [0.25, 0.3) is 0 Å². The van der Waals surface area contributed by atoms with Gasteiger partial charge in [-0.3, -0.25) is 14.9 Å². The van der Waals surface area contributed by atoms with Crippen molar-refractivity contribution in [2.75, 3.05) is 5.32 Å². The van der Waals surface area contributed by atoms with E-state index in [0.717, 1.165) is 6.07 Å². The summed E-state index contributed by atoms with van der Waals surface area (Å²) in [5.74, 6) is -0.927. The maximum Gasteiger partial charge on any atom is 0.270 e. The Balaban J connectivity index is 2.26. The van der Waals surface area contributed by atoms with Gasteiger partial charge in [0.2, 0.25) is 0 Å². The van der Waals surface area contributed by atoms with Gasteiger partial charge in [0.15, 0.2) is 0 Å². The minimum Gasteiger partial charge on any atom is -0.322 e. The molecule has 2 aromatic rings. The molecule has 0 fully saturated rings.